The van der Waals surface area contributed by atoms with Crippen LogP contribution in [0.3, 0.4) is 0 Å². The van der Waals surface area contributed by atoms with Crippen molar-refractivity contribution in [3.05, 3.63) is 34.9 Å². The molecular weight excluding hydrogens is 210 g/mol. The summed E-state index contributed by atoms with van der Waals surface area (Å²) in [5, 5.41) is 9.51. The predicted molar refractivity (Wildman–Crippen MR) is 71.2 cm³/mol. The van der Waals surface area contributed by atoms with Crippen molar-refractivity contribution in [2.45, 2.75) is 38.7 Å². The summed E-state index contributed by atoms with van der Waals surface area (Å²) >= 11 is 0. The highest BCUT2D eigenvalue weighted by atomic mass is 16.3. The van der Waals surface area contributed by atoms with Gasteiger partial charge in [-0.05, 0) is 62.0 Å². The molecule has 0 aromatic heterocycles. The minimum absolute atomic E-state index is 0.176. The van der Waals surface area contributed by atoms with Crippen molar-refractivity contribution in [1.29, 1.82) is 0 Å². The molecule has 0 amide bonds. The fraction of sp³-hybridized carbons (Fsp3) is 0.600. The summed E-state index contributed by atoms with van der Waals surface area (Å²) in [5.74, 6) is 0.638. The fourth-order valence-electron chi connectivity index (χ4n) is 2.73. The number of aliphatic hydroxyl groups is 1. The van der Waals surface area contributed by atoms with Crippen molar-refractivity contribution in [3.63, 3.8) is 0 Å². The lowest BCUT2D eigenvalue weighted by atomic mass is 9.86. The van der Waals surface area contributed by atoms with E-state index in [0.717, 1.165) is 12.0 Å². The zero-order valence-corrected chi connectivity index (χ0v) is 10.9. The molecule has 1 aliphatic heterocycles. The van der Waals surface area contributed by atoms with Crippen LogP contribution in [-0.2, 0) is 13.0 Å². The van der Waals surface area contributed by atoms with E-state index in [-0.39, 0.29) is 6.61 Å². The van der Waals surface area contributed by atoms with Gasteiger partial charge in [0.05, 0.1) is 6.61 Å². The van der Waals surface area contributed by atoms with Gasteiger partial charge in [-0.1, -0.05) is 25.1 Å². The standard InChI is InChI=1S/C15H23NO/c1-3-12-4-5-15(14(10-12)11-17)13-6-8-16(2)9-7-13/h4-5,10,13,17H,3,6-9,11H2,1-2H3. The summed E-state index contributed by atoms with van der Waals surface area (Å²) in [7, 11) is 2.18. The van der Waals surface area contributed by atoms with Gasteiger partial charge in [0, 0.05) is 0 Å². The molecule has 0 bridgehead atoms. The molecule has 94 valence electrons. The molecule has 1 heterocycles. The lowest BCUT2D eigenvalue weighted by Gasteiger charge is -2.30. The second kappa shape index (κ2) is 5.65. The second-order valence-electron chi connectivity index (χ2n) is 5.12. The van der Waals surface area contributed by atoms with Crippen LogP contribution in [0.5, 0.6) is 0 Å². The van der Waals surface area contributed by atoms with Crippen LogP contribution in [0, 0.1) is 0 Å². The molecule has 0 atom stereocenters. The Bertz CT molecular complexity index is 367. The number of likely N-dealkylation sites (tertiary alicyclic amines) is 1. The van der Waals surface area contributed by atoms with Crippen molar-refractivity contribution >= 4 is 0 Å². The van der Waals surface area contributed by atoms with Crippen molar-refractivity contribution in [1.82, 2.24) is 4.90 Å². The molecule has 1 aliphatic rings. The number of aryl methyl sites for hydroxylation is 1. The SMILES string of the molecule is CCc1ccc(C2CCN(C)CC2)c(CO)c1. The van der Waals surface area contributed by atoms with E-state index in [9.17, 15) is 5.11 Å². The average Bonchev–Trinajstić information content (AvgIpc) is 2.39. The highest BCUT2D eigenvalue weighted by Crippen LogP contribution is 2.30. The highest BCUT2D eigenvalue weighted by molar-refractivity contribution is 5.34. The second-order valence-corrected chi connectivity index (χ2v) is 5.12. The number of nitrogens with zero attached hydrogens (tertiary/aromatic N) is 1. The molecule has 0 saturated carbocycles. The molecule has 2 heteroatoms. The number of rotatable bonds is 3. The Morgan fingerprint density at radius 1 is 1.29 bits per heavy atom. The van der Waals surface area contributed by atoms with Gasteiger partial charge in [-0.25, -0.2) is 0 Å². The van der Waals surface area contributed by atoms with Crippen molar-refractivity contribution in [2.24, 2.45) is 0 Å². The number of hydrogen-bond acceptors (Lipinski definition) is 2. The summed E-state index contributed by atoms with van der Waals surface area (Å²) in [6.45, 7) is 4.68. The van der Waals surface area contributed by atoms with Gasteiger partial charge in [-0.3, -0.25) is 0 Å². The maximum absolute atomic E-state index is 9.51. The molecular formula is C15H23NO. The monoisotopic (exact) mass is 233 g/mol. The molecule has 0 unspecified atom stereocenters. The summed E-state index contributed by atoms with van der Waals surface area (Å²) in [4.78, 5) is 2.38. The Balaban J connectivity index is 2.19. The maximum atomic E-state index is 9.51. The Kier molecular flexibility index (Phi) is 4.19. The lowest BCUT2D eigenvalue weighted by Crippen LogP contribution is -2.29. The van der Waals surface area contributed by atoms with Crippen LogP contribution in [-0.4, -0.2) is 30.1 Å². The van der Waals surface area contributed by atoms with E-state index in [0.29, 0.717) is 5.92 Å². The van der Waals surface area contributed by atoms with Gasteiger partial charge in [-0.2, -0.15) is 0 Å². The molecule has 1 aromatic carbocycles. The zero-order chi connectivity index (χ0) is 12.3. The Labute approximate surface area is 104 Å². The van der Waals surface area contributed by atoms with Gasteiger partial charge in [0.25, 0.3) is 0 Å². The summed E-state index contributed by atoms with van der Waals surface area (Å²) in [5.41, 5.74) is 3.84. The molecule has 1 N–H and O–H groups in total. The number of benzene rings is 1. The zero-order valence-electron chi connectivity index (χ0n) is 10.9. The fourth-order valence-corrected chi connectivity index (χ4v) is 2.73. The Morgan fingerprint density at radius 2 is 2.00 bits per heavy atom. The maximum Gasteiger partial charge on any atom is 0.0684 e. The molecule has 0 spiro atoms. The van der Waals surface area contributed by atoms with E-state index in [4.69, 9.17) is 0 Å². The number of piperidine rings is 1. The van der Waals surface area contributed by atoms with Crippen LogP contribution in [0.2, 0.25) is 0 Å². The molecule has 1 fully saturated rings. The van der Waals surface area contributed by atoms with Crippen LogP contribution in [0.1, 0.15) is 42.4 Å². The summed E-state index contributed by atoms with van der Waals surface area (Å²) in [6.07, 6.45) is 3.48. The first-order valence-electron chi connectivity index (χ1n) is 6.65. The van der Waals surface area contributed by atoms with E-state index in [2.05, 4.69) is 37.1 Å². The Hall–Kier alpha value is -0.860. The molecule has 17 heavy (non-hydrogen) atoms. The third kappa shape index (κ3) is 2.88. The molecule has 0 aliphatic carbocycles. The van der Waals surface area contributed by atoms with E-state index in [1.165, 1.54) is 37.1 Å². The largest absolute Gasteiger partial charge is 0.392 e. The molecule has 0 radical (unpaired) electrons. The number of aliphatic hydroxyl groups excluding tert-OH is 1. The van der Waals surface area contributed by atoms with Gasteiger partial charge in [0.1, 0.15) is 0 Å². The first-order chi connectivity index (χ1) is 8.24. The smallest absolute Gasteiger partial charge is 0.0684 e. The van der Waals surface area contributed by atoms with Crippen molar-refractivity contribution in [3.8, 4) is 0 Å². The van der Waals surface area contributed by atoms with Crippen molar-refractivity contribution < 1.29 is 5.11 Å². The quantitative estimate of drug-likeness (QED) is 0.867. The molecule has 1 aromatic rings. The minimum Gasteiger partial charge on any atom is -0.392 e. The normalized spacial score (nSPS) is 18.5. The van der Waals surface area contributed by atoms with E-state index >= 15 is 0 Å². The van der Waals surface area contributed by atoms with Gasteiger partial charge in [0.2, 0.25) is 0 Å². The number of hydrogen-bond donors (Lipinski definition) is 1. The average molecular weight is 233 g/mol. The summed E-state index contributed by atoms with van der Waals surface area (Å²) < 4.78 is 0. The third-order valence-corrected chi connectivity index (χ3v) is 3.94. The third-order valence-electron chi connectivity index (χ3n) is 3.94. The van der Waals surface area contributed by atoms with E-state index in [1.807, 2.05) is 0 Å². The first-order valence-corrected chi connectivity index (χ1v) is 6.65. The van der Waals surface area contributed by atoms with E-state index < -0.39 is 0 Å². The summed E-state index contributed by atoms with van der Waals surface area (Å²) in [6, 6.07) is 6.63. The Morgan fingerprint density at radius 3 is 2.59 bits per heavy atom. The van der Waals surface area contributed by atoms with Crippen LogP contribution in [0.4, 0.5) is 0 Å². The van der Waals surface area contributed by atoms with E-state index in [1.54, 1.807) is 0 Å². The van der Waals surface area contributed by atoms with Crippen LogP contribution in [0.25, 0.3) is 0 Å². The van der Waals surface area contributed by atoms with Crippen LogP contribution in [0.15, 0.2) is 18.2 Å². The first kappa shape index (κ1) is 12.6. The van der Waals surface area contributed by atoms with Gasteiger partial charge >= 0.3 is 0 Å². The van der Waals surface area contributed by atoms with Gasteiger partial charge < -0.3 is 10.0 Å². The van der Waals surface area contributed by atoms with Crippen LogP contribution >= 0.6 is 0 Å². The van der Waals surface area contributed by atoms with Gasteiger partial charge in [0.15, 0.2) is 0 Å². The molecule has 2 rings (SSSR count). The minimum atomic E-state index is 0.176. The highest BCUT2D eigenvalue weighted by Gasteiger charge is 2.20. The molecule has 2 nitrogen and oxygen atoms in total. The molecule has 1 saturated heterocycles. The lowest BCUT2D eigenvalue weighted by molar-refractivity contribution is 0.249. The van der Waals surface area contributed by atoms with Gasteiger partial charge in [-0.15, -0.1) is 0 Å². The van der Waals surface area contributed by atoms with Crippen LogP contribution < -0.4 is 0 Å². The predicted octanol–water partition coefficient (Wildman–Crippen LogP) is 2.55. The van der Waals surface area contributed by atoms with Crippen molar-refractivity contribution in [2.75, 3.05) is 20.1 Å². The topological polar surface area (TPSA) is 23.5 Å².